The monoisotopic (exact) mass is 433 g/mol. The lowest BCUT2D eigenvalue weighted by atomic mass is 9.93. The maximum absolute atomic E-state index is 14.2. The van der Waals surface area contributed by atoms with Gasteiger partial charge in [0, 0.05) is 35.6 Å². The summed E-state index contributed by atoms with van der Waals surface area (Å²) < 4.78 is 25.0. The minimum Gasteiger partial charge on any atom is -0.504 e. The van der Waals surface area contributed by atoms with Gasteiger partial charge in [-0.25, -0.2) is 4.39 Å². The molecule has 2 aromatic rings. The molecule has 0 saturated carbocycles. The molecule has 0 amide bonds. The Kier molecular flexibility index (Phi) is 7.46. The molecular formula is C24H33FNO3P. The number of benzene rings is 2. The Morgan fingerprint density at radius 2 is 1.83 bits per heavy atom. The van der Waals surface area contributed by atoms with Crippen LogP contribution in [0.2, 0.25) is 0 Å². The van der Waals surface area contributed by atoms with Crippen molar-refractivity contribution in [1.82, 2.24) is 0 Å². The second-order valence-electron chi connectivity index (χ2n) is 8.14. The van der Waals surface area contributed by atoms with E-state index in [1.165, 1.54) is 6.42 Å². The van der Waals surface area contributed by atoms with E-state index in [1.54, 1.807) is 32.4 Å². The molecule has 2 atom stereocenters. The molecule has 0 aliphatic carbocycles. The molecule has 0 radical (unpaired) electrons. The van der Waals surface area contributed by atoms with Gasteiger partial charge < -0.3 is 19.5 Å². The number of ether oxygens (including phenoxy) is 2. The molecule has 4 nitrogen and oxygen atoms in total. The Hall–Kier alpha value is -2.00. The SMILES string of the molecule is CCCC(C)(Pc1ccc(F)cc1N1CCCCC1)c1cc(OC)cc(OC)c1O. The number of rotatable bonds is 8. The third-order valence-corrected chi connectivity index (χ3v) is 7.68. The van der Waals surface area contributed by atoms with Gasteiger partial charge in [0.1, 0.15) is 11.6 Å². The van der Waals surface area contributed by atoms with Crippen molar-refractivity contribution in [2.24, 2.45) is 0 Å². The Morgan fingerprint density at radius 1 is 1.10 bits per heavy atom. The van der Waals surface area contributed by atoms with Crippen LogP contribution in [0.1, 0.15) is 51.5 Å². The Labute approximate surface area is 181 Å². The first kappa shape index (κ1) is 22.7. The van der Waals surface area contributed by atoms with E-state index in [2.05, 4.69) is 18.7 Å². The van der Waals surface area contributed by atoms with Gasteiger partial charge >= 0.3 is 0 Å². The number of anilines is 1. The third kappa shape index (κ3) is 4.83. The summed E-state index contributed by atoms with van der Waals surface area (Å²) in [5.41, 5.74) is 1.80. The van der Waals surface area contributed by atoms with Crippen LogP contribution in [0.4, 0.5) is 10.1 Å². The first-order chi connectivity index (χ1) is 14.4. The van der Waals surface area contributed by atoms with Gasteiger partial charge in [-0.05, 0) is 55.3 Å². The zero-order valence-corrected chi connectivity index (χ0v) is 19.4. The van der Waals surface area contributed by atoms with Gasteiger partial charge in [-0.15, -0.1) is 0 Å². The fraction of sp³-hybridized carbons (Fsp3) is 0.500. The van der Waals surface area contributed by atoms with E-state index in [1.807, 2.05) is 12.1 Å². The van der Waals surface area contributed by atoms with Crippen molar-refractivity contribution in [1.29, 1.82) is 0 Å². The van der Waals surface area contributed by atoms with Gasteiger partial charge in [0.15, 0.2) is 11.5 Å². The van der Waals surface area contributed by atoms with Crippen LogP contribution in [0.5, 0.6) is 17.2 Å². The third-order valence-electron chi connectivity index (χ3n) is 5.92. The van der Waals surface area contributed by atoms with E-state index in [0.717, 1.165) is 55.3 Å². The number of methoxy groups -OCH3 is 2. The fourth-order valence-corrected chi connectivity index (χ4v) is 6.17. The van der Waals surface area contributed by atoms with Crippen LogP contribution in [0.15, 0.2) is 30.3 Å². The van der Waals surface area contributed by atoms with Gasteiger partial charge in [0.25, 0.3) is 0 Å². The van der Waals surface area contributed by atoms with Crippen LogP contribution >= 0.6 is 8.58 Å². The molecule has 2 unspecified atom stereocenters. The molecule has 1 saturated heterocycles. The molecule has 6 heteroatoms. The molecule has 1 fully saturated rings. The second kappa shape index (κ2) is 9.87. The van der Waals surface area contributed by atoms with E-state index in [0.29, 0.717) is 20.1 Å². The van der Waals surface area contributed by atoms with Crippen molar-refractivity contribution in [3.05, 3.63) is 41.7 Å². The molecule has 164 valence electrons. The van der Waals surface area contributed by atoms with Gasteiger partial charge in [-0.3, -0.25) is 0 Å². The maximum atomic E-state index is 14.2. The summed E-state index contributed by atoms with van der Waals surface area (Å²) in [4.78, 5) is 2.31. The number of aromatic hydroxyl groups is 1. The number of phenolic OH excluding ortho intramolecular Hbond substituents is 1. The predicted molar refractivity (Wildman–Crippen MR) is 124 cm³/mol. The van der Waals surface area contributed by atoms with E-state index < -0.39 is 0 Å². The standard InChI is InChI=1S/C24H33FNO3P/c1-5-11-24(2,19-15-18(28-3)16-21(29-4)23(19)27)30-22-10-9-17(25)14-20(22)26-12-7-6-8-13-26/h9-10,14-16,27,30H,5-8,11-13H2,1-4H3. The molecule has 30 heavy (non-hydrogen) atoms. The van der Waals surface area contributed by atoms with Gasteiger partial charge in [-0.2, -0.15) is 0 Å². The average Bonchev–Trinajstić information content (AvgIpc) is 2.76. The Bertz CT molecular complexity index is 870. The smallest absolute Gasteiger partial charge is 0.164 e. The van der Waals surface area contributed by atoms with Crippen LogP contribution in [0.3, 0.4) is 0 Å². The summed E-state index contributed by atoms with van der Waals surface area (Å²) in [5, 5.41) is 11.8. The average molecular weight is 434 g/mol. The Balaban J connectivity index is 2.06. The number of piperidine rings is 1. The minimum absolute atomic E-state index is 0.156. The molecule has 2 aromatic carbocycles. The van der Waals surface area contributed by atoms with Gasteiger partial charge in [-0.1, -0.05) is 28.8 Å². The largest absolute Gasteiger partial charge is 0.504 e. The predicted octanol–water partition coefficient (Wildman–Crippen LogP) is 5.56. The van der Waals surface area contributed by atoms with E-state index in [-0.39, 0.29) is 16.7 Å². The van der Waals surface area contributed by atoms with E-state index >= 15 is 0 Å². The van der Waals surface area contributed by atoms with Gasteiger partial charge in [0.2, 0.25) is 0 Å². The molecule has 0 spiro atoms. The van der Waals surface area contributed by atoms with Crippen molar-refractivity contribution < 1.29 is 19.0 Å². The first-order valence-electron chi connectivity index (χ1n) is 10.7. The highest BCUT2D eigenvalue weighted by molar-refractivity contribution is 7.49. The number of nitrogens with zero attached hydrogens (tertiary/aromatic N) is 1. The molecule has 1 N–H and O–H groups in total. The fourth-order valence-electron chi connectivity index (χ4n) is 4.35. The summed E-state index contributed by atoms with van der Waals surface area (Å²) in [6.07, 6.45) is 5.35. The Morgan fingerprint density at radius 3 is 2.47 bits per heavy atom. The molecular weight excluding hydrogens is 400 g/mol. The van der Waals surface area contributed by atoms with Crippen molar-refractivity contribution in [3.8, 4) is 17.2 Å². The normalized spacial score (nSPS) is 16.6. The highest BCUT2D eigenvalue weighted by atomic mass is 31.1. The molecule has 1 heterocycles. The highest BCUT2D eigenvalue weighted by Gasteiger charge is 2.33. The molecule has 1 aliphatic rings. The summed E-state index contributed by atoms with van der Waals surface area (Å²) in [6, 6.07) is 8.75. The van der Waals surface area contributed by atoms with Crippen LogP contribution in [-0.4, -0.2) is 32.4 Å². The summed E-state index contributed by atoms with van der Waals surface area (Å²) >= 11 is 0. The van der Waals surface area contributed by atoms with Crippen LogP contribution < -0.4 is 19.7 Å². The minimum atomic E-state index is -0.330. The van der Waals surface area contributed by atoms with Crippen molar-refractivity contribution in [2.45, 2.75) is 51.1 Å². The van der Waals surface area contributed by atoms with Crippen LogP contribution in [0, 0.1) is 5.82 Å². The van der Waals surface area contributed by atoms with Crippen molar-refractivity contribution >= 4 is 19.6 Å². The lowest BCUT2D eigenvalue weighted by Gasteiger charge is -2.35. The summed E-state index contributed by atoms with van der Waals surface area (Å²) in [6.45, 7) is 6.24. The number of halogens is 1. The molecule has 3 rings (SSSR count). The van der Waals surface area contributed by atoms with Crippen LogP contribution in [0.25, 0.3) is 0 Å². The van der Waals surface area contributed by atoms with Crippen molar-refractivity contribution in [3.63, 3.8) is 0 Å². The van der Waals surface area contributed by atoms with E-state index in [4.69, 9.17) is 9.47 Å². The second-order valence-corrected chi connectivity index (χ2v) is 10.0. The number of hydrogen-bond acceptors (Lipinski definition) is 4. The van der Waals surface area contributed by atoms with Crippen LogP contribution in [-0.2, 0) is 5.16 Å². The topological polar surface area (TPSA) is 41.9 Å². The summed E-state index contributed by atoms with van der Waals surface area (Å²) in [5.74, 6) is 1.02. The van der Waals surface area contributed by atoms with Gasteiger partial charge in [0.05, 0.1) is 14.2 Å². The van der Waals surface area contributed by atoms with E-state index in [9.17, 15) is 9.50 Å². The maximum Gasteiger partial charge on any atom is 0.164 e. The van der Waals surface area contributed by atoms with Crippen molar-refractivity contribution in [2.75, 3.05) is 32.2 Å². The zero-order valence-electron chi connectivity index (χ0n) is 18.4. The molecule has 1 aliphatic heterocycles. The number of hydrogen-bond donors (Lipinski definition) is 1. The molecule has 0 aromatic heterocycles. The lowest BCUT2D eigenvalue weighted by Crippen LogP contribution is -2.33. The highest BCUT2D eigenvalue weighted by Crippen LogP contribution is 2.52. The lowest BCUT2D eigenvalue weighted by molar-refractivity contribution is 0.357. The quantitative estimate of drug-likeness (QED) is 0.554. The summed E-state index contributed by atoms with van der Waals surface area (Å²) in [7, 11) is 3.53. The molecule has 0 bridgehead atoms. The first-order valence-corrected chi connectivity index (χ1v) is 11.7. The number of phenols is 1. The zero-order chi connectivity index (χ0) is 21.7.